The molecule has 15 heavy (non-hydrogen) atoms. The SMILES string of the molecule is Cc1ccccc1C1(O)CC(C(C)C)C1. The van der Waals surface area contributed by atoms with Crippen LogP contribution in [0.4, 0.5) is 0 Å². The Balaban J connectivity index is 2.17. The van der Waals surface area contributed by atoms with Crippen molar-refractivity contribution >= 4 is 0 Å². The van der Waals surface area contributed by atoms with Gasteiger partial charge in [0.05, 0.1) is 5.60 Å². The first kappa shape index (κ1) is 10.7. The van der Waals surface area contributed by atoms with Crippen molar-refractivity contribution in [3.05, 3.63) is 35.4 Å². The van der Waals surface area contributed by atoms with Crippen LogP contribution in [0, 0.1) is 18.8 Å². The highest BCUT2D eigenvalue weighted by Crippen LogP contribution is 2.49. The Hall–Kier alpha value is -0.820. The molecule has 82 valence electrons. The third-order valence-corrected chi connectivity index (χ3v) is 3.79. The van der Waals surface area contributed by atoms with Crippen LogP contribution in [0.25, 0.3) is 0 Å². The summed E-state index contributed by atoms with van der Waals surface area (Å²) in [6, 6.07) is 8.19. The molecule has 0 saturated heterocycles. The lowest BCUT2D eigenvalue weighted by atomic mass is 9.63. The molecule has 1 N–H and O–H groups in total. The van der Waals surface area contributed by atoms with E-state index in [0.29, 0.717) is 11.8 Å². The van der Waals surface area contributed by atoms with E-state index < -0.39 is 5.60 Å². The van der Waals surface area contributed by atoms with Crippen LogP contribution in [0.15, 0.2) is 24.3 Å². The summed E-state index contributed by atoms with van der Waals surface area (Å²) in [6.07, 6.45) is 1.85. The highest BCUT2D eigenvalue weighted by atomic mass is 16.3. The molecule has 1 aliphatic rings. The van der Waals surface area contributed by atoms with E-state index in [0.717, 1.165) is 18.4 Å². The summed E-state index contributed by atoms with van der Waals surface area (Å²) in [5.41, 5.74) is 1.80. The summed E-state index contributed by atoms with van der Waals surface area (Å²) in [5, 5.41) is 10.5. The molecule has 1 saturated carbocycles. The topological polar surface area (TPSA) is 20.2 Å². The second-order valence-electron chi connectivity index (χ2n) is 5.26. The van der Waals surface area contributed by atoms with Crippen LogP contribution in [-0.4, -0.2) is 5.11 Å². The van der Waals surface area contributed by atoms with Crippen LogP contribution in [-0.2, 0) is 5.60 Å². The van der Waals surface area contributed by atoms with Crippen LogP contribution < -0.4 is 0 Å². The molecule has 0 aromatic heterocycles. The first-order chi connectivity index (χ1) is 7.03. The van der Waals surface area contributed by atoms with Gasteiger partial charge in [-0.3, -0.25) is 0 Å². The Labute approximate surface area is 92.1 Å². The molecule has 1 aromatic carbocycles. The Morgan fingerprint density at radius 1 is 1.27 bits per heavy atom. The van der Waals surface area contributed by atoms with Crippen LogP contribution >= 0.6 is 0 Å². The number of hydrogen-bond donors (Lipinski definition) is 1. The Morgan fingerprint density at radius 2 is 1.87 bits per heavy atom. The number of rotatable bonds is 2. The summed E-state index contributed by atoms with van der Waals surface area (Å²) in [4.78, 5) is 0. The van der Waals surface area contributed by atoms with Crippen LogP contribution in [0.3, 0.4) is 0 Å². The maximum absolute atomic E-state index is 10.5. The van der Waals surface area contributed by atoms with Crippen molar-refractivity contribution in [3.8, 4) is 0 Å². The summed E-state index contributed by atoms with van der Waals surface area (Å²) < 4.78 is 0. The maximum atomic E-state index is 10.5. The molecular formula is C14H20O. The maximum Gasteiger partial charge on any atom is 0.0904 e. The smallest absolute Gasteiger partial charge is 0.0904 e. The largest absolute Gasteiger partial charge is 0.385 e. The van der Waals surface area contributed by atoms with Crippen molar-refractivity contribution in [2.75, 3.05) is 0 Å². The third-order valence-electron chi connectivity index (χ3n) is 3.79. The Kier molecular flexibility index (Phi) is 2.59. The van der Waals surface area contributed by atoms with Gasteiger partial charge in [-0.25, -0.2) is 0 Å². The summed E-state index contributed by atoms with van der Waals surface area (Å²) in [5.74, 6) is 1.38. The predicted octanol–water partition coefficient (Wildman–Crippen LogP) is 3.25. The standard InChI is InChI=1S/C14H20O/c1-10(2)12-8-14(15,9-12)13-7-5-4-6-11(13)3/h4-7,10,12,15H,8-9H2,1-3H3. The first-order valence-electron chi connectivity index (χ1n) is 5.81. The molecule has 1 aromatic rings. The highest BCUT2D eigenvalue weighted by Gasteiger charge is 2.45. The molecule has 0 radical (unpaired) electrons. The van der Waals surface area contributed by atoms with Gasteiger partial charge in [-0.05, 0) is 42.7 Å². The van der Waals surface area contributed by atoms with Crippen LogP contribution in [0.2, 0.25) is 0 Å². The van der Waals surface area contributed by atoms with Crippen molar-refractivity contribution in [2.24, 2.45) is 11.8 Å². The fourth-order valence-corrected chi connectivity index (χ4v) is 2.59. The number of aryl methyl sites for hydroxylation is 1. The zero-order valence-corrected chi connectivity index (χ0v) is 9.83. The van der Waals surface area contributed by atoms with E-state index in [2.05, 4.69) is 32.9 Å². The van der Waals surface area contributed by atoms with E-state index in [4.69, 9.17) is 0 Å². The molecule has 2 rings (SSSR count). The molecule has 0 heterocycles. The molecule has 0 aliphatic heterocycles. The minimum Gasteiger partial charge on any atom is -0.385 e. The van der Waals surface area contributed by atoms with E-state index in [1.807, 2.05) is 12.1 Å². The van der Waals surface area contributed by atoms with Gasteiger partial charge in [0.15, 0.2) is 0 Å². The Bertz CT molecular complexity index is 348. The average molecular weight is 204 g/mol. The molecule has 0 spiro atoms. The second kappa shape index (κ2) is 3.64. The minimum absolute atomic E-state index is 0.541. The molecule has 0 unspecified atom stereocenters. The van der Waals surface area contributed by atoms with Gasteiger partial charge in [-0.1, -0.05) is 38.1 Å². The minimum atomic E-state index is -0.541. The van der Waals surface area contributed by atoms with E-state index in [1.165, 1.54) is 5.56 Å². The second-order valence-corrected chi connectivity index (χ2v) is 5.26. The monoisotopic (exact) mass is 204 g/mol. The molecule has 1 fully saturated rings. The van der Waals surface area contributed by atoms with Crippen LogP contribution in [0.1, 0.15) is 37.8 Å². The first-order valence-corrected chi connectivity index (χ1v) is 5.81. The predicted molar refractivity (Wildman–Crippen MR) is 62.6 cm³/mol. The lowest BCUT2D eigenvalue weighted by Gasteiger charge is -2.46. The molecule has 1 heteroatoms. The molecule has 1 aliphatic carbocycles. The lowest BCUT2D eigenvalue weighted by molar-refractivity contribution is -0.0937. The van der Waals surface area contributed by atoms with E-state index in [-0.39, 0.29) is 0 Å². The van der Waals surface area contributed by atoms with Crippen molar-refractivity contribution in [3.63, 3.8) is 0 Å². The summed E-state index contributed by atoms with van der Waals surface area (Å²) in [7, 11) is 0. The average Bonchev–Trinajstić information content (AvgIpc) is 2.13. The number of benzene rings is 1. The third kappa shape index (κ3) is 1.81. The quantitative estimate of drug-likeness (QED) is 0.784. The van der Waals surface area contributed by atoms with Crippen molar-refractivity contribution in [1.29, 1.82) is 0 Å². The van der Waals surface area contributed by atoms with Gasteiger partial charge in [0.25, 0.3) is 0 Å². The highest BCUT2D eigenvalue weighted by molar-refractivity contribution is 5.33. The number of aliphatic hydroxyl groups is 1. The van der Waals surface area contributed by atoms with Crippen molar-refractivity contribution < 1.29 is 5.11 Å². The van der Waals surface area contributed by atoms with Gasteiger partial charge in [0.2, 0.25) is 0 Å². The molecule has 0 bridgehead atoms. The lowest BCUT2D eigenvalue weighted by Crippen LogP contribution is -2.43. The van der Waals surface area contributed by atoms with Gasteiger partial charge in [0.1, 0.15) is 0 Å². The fourth-order valence-electron chi connectivity index (χ4n) is 2.59. The zero-order valence-electron chi connectivity index (χ0n) is 9.83. The Morgan fingerprint density at radius 3 is 2.40 bits per heavy atom. The zero-order chi connectivity index (χ0) is 11.1. The summed E-state index contributed by atoms with van der Waals surface area (Å²) in [6.45, 7) is 6.56. The van der Waals surface area contributed by atoms with Gasteiger partial charge >= 0.3 is 0 Å². The van der Waals surface area contributed by atoms with E-state index >= 15 is 0 Å². The van der Waals surface area contributed by atoms with E-state index in [9.17, 15) is 5.11 Å². The van der Waals surface area contributed by atoms with Crippen LogP contribution in [0.5, 0.6) is 0 Å². The van der Waals surface area contributed by atoms with Crippen molar-refractivity contribution in [1.82, 2.24) is 0 Å². The van der Waals surface area contributed by atoms with Gasteiger partial charge in [0, 0.05) is 0 Å². The number of hydrogen-bond acceptors (Lipinski definition) is 1. The fraction of sp³-hybridized carbons (Fsp3) is 0.571. The van der Waals surface area contributed by atoms with Gasteiger partial charge in [-0.15, -0.1) is 0 Å². The normalized spacial score (nSPS) is 30.3. The molecular weight excluding hydrogens is 184 g/mol. The molecule has 0 atom stereocenters. The van der Waals surface area contributed by atoms with Gasteiger partial charge in [-0.2, -0.15) is 0 Å². The summed E-state index contributed by atoms with van der Waals surface area (Å²) >= 11 is 0. The molecule has 0 amide bonds. The van der Waals surface area contributed by atoms with Crippen molar-refractivity contribution in [2.45, 2.75) is 39.2 Å². The van der Waals surface area contributed by atoms with Gasteiger partial charge < -0.3 is 5.11 Å². The van der Waals surface area contributed by atoms with E-state index in [1.54, 1.807) is 0 Å². The molecule has 1 nitrogen and oxygen atoms in total.